The van der Waals surface area contributed by atoms with Gasteiger partial charge in [0.1, 0.15) is 18.2 Å². The summed E-state index contributed by atoms with van der Waals surface area (Å²) in [5.74, 6) is -0.960. The predicted octanol–water partition coefficient (Wildman–Crippen LogP) is 6.76. The van der Waals surface area contributed by atoms with Crippen LogP contribution in [0.3, 0.4) is 0 Å². The van der Waals surface area contributed by atoms with Gasteiger partial charge in [-0.2, -0.15) is 0 Å². The molecule has 0 aromatic heterocycles. The Kier molecular flexibility index (Phi) is 16.2. The number of ether oxygens (including phenoxy) is 3. The summed E-state index contributed by atoms with van der Waals surface area (Å²) >= 11 is 0. The van der Waals surface area contributed by atoms with Crippen LogP contribution in [0.4, 0.5) is 4.79 Å². The molecule has 0 spiro atoms. The number of amides is 1. The van der Waals surface area contributed by atoms with Gasteiger partial charge in [0.25, 0.3) is 0 Å². The number of benzene rings is 1. The average molecular weight is 810 g/mol. The Morgan fingerprint density at radius 1 is 1.10 bits per heavy atom. The van der Waals surface area contributed by atoms with Crippen molar-refractivity contribution in [3.05, 3.63) is 71.8 Å². The molecule has 1 amide bonds. The zero-order chi connectivity index (χ0) is 42.1. The second kappa shape index (κ2) is 20.5. The van der Waals surface area contributed by atoms with Gasteiger partial charge in [-0.1, -0.05) is 88.2 Å². The van der Waals surface area contributed by atoms with Crippen molar-refractivity contribution < 1.29 is 48.7 Å². The molecule has 1 aromatic rings. The Labute approximate surface area is 347 Å². The molecule has 4 N–H and O–H groups in total. The van der Waals surface area contributed by atoms with E-state index in [1.807, 2.05) is 33.8 Å². The minimum Gasteiger partial charge on any atom is -0.457 e. The van der Waals surface area contributed by atoms with Crippen molar-refractivity contribution in [2.45, 2.75) is 173 Å². The van der Waals surface area contributed by atoms with Gasteiger partial charge < -0.3 is 39.1 Å². The van der Waals surface area contributed by atoms with E-state index in [2.05, 4.69) is 30.3 Å². The average Bonchev–Trinajstić information content (AvgIpc) is 4.00. The van der Waals surface area contributed by atoms with Crippen molar-refractivity contribution in [3.8, 4) is 0 Å². The van der Waals surface area contributed by atoms with Crippen LogP contribution < -0.4 is 0 Å². The zero-order valence-corrected chi connectivity index (χ0v) is 36.0. The second-order valence-corrected chi connectivity index (χ2v) is 18.5. The maximum atomic E-state index is 13.9. The van der Waals surface area contributed by atoms with Crippen LogP contribution in [0, 0.1) is 11.8 Å². The summed E-state index contributed by atoms with van der Waals surface area (Å²) in [4.78, 5) is 28.7. The fraction of sp³-hybridized carbons (Fsp3) is 0.702. The van der Waals surface area contributed by atoms with Crippen LogP contribution in [0.5, 0.6) is 0 Å². The molecule has 1 aliphatic carbocycles. The molecular formula is C47H73N2O9+. The number of carbonyl (C=O) groups is 2. The Morgan fingerprint density at radius 2 is 1.78 bits per heavy atom. The number of nitrogens with zero attached hydrogens (tertiary/aromatic N) is 2. The number of epoxide rings is 1. The number of rotatable bonds is 12. The maximum Gasteiger partial charge on any atom is 0.410 e. The number of quaternary nitrogens is 1. The summed E-state index contributed by atoms with van der Waals surface area (Å²) in [6, 6.07) is 11.2. The van der Waals surface area contributed by atoms with Crippen molar-refractivity contribution in [2.75, 3.05) is 26.2 Å². The van der Waals surface area contributed by atoms with Gasteiger partial charge in [0.05, 0.1) is 68.7 Å². The van der Waals surface area contributed by atoms with Gasteiger partial charge >= 0.3 is 12.1 Å². The molecule has 5 rings (SSSR count). The SMILES string of the molecule is CC[C@H](O)[C@@H](C)[C@H]1O[C@@H]1C[C@@](C)(O)/C=C/C=C(\C)[C@H]1OC(=O)C[C@H](O)CC[C@@](C)(O)[C@@H](OC(=O)N2CC[N+](Cc3ccccc3)(C3CCCCCC3)CC2)/C=C/[C@@H]1C. The van der Waals surface area contributed by atoms with Crippen LogP contribution in [-0.4, -0.2) is 122 Å². The molecule has 3 heterocycles. The lowest BCUT2D eigenvalue weighted by Gasteiger charge is -2.49. The van der Waals surface area contributed by atoms with Crippen LogP contribution in [0.2, 0.25) is 0 Å². The molecule has 2 saturated heterocycles. The number of carbonyl (C=O) groups excluding carboxylic acids is 2. The van der Waals surface area contributed by atoms with E-state index in [1.165, 1.54) is 44.1 Å². The Balaban J connectivity index is 1.27. The molecule has 3 aliphatic heterocycles. The minimum absolute atomic E-state index is 0.0160. The third-order valence-corrected chi connectivity index (χ3v) is 13.4. The van der Waals surface area contributed by atoms with Crippen molar-refractivity contribution in [1.29, 1.82) is 0 Å². The highest BCUT2D eigenvalue weighted by molar-refractivity contribution is 5.70. The number of allylic oxidation sites excluding steroid dienone is 2. The third-order valence-electron chi connectivity index (χ3n) is 13.4. The summed E-state index contributed by atoms with van der Waals surface area (Å²) < 4.78 is 18.9. The molecule has 1 saturated carbocycles. The zero-order valence-electron chi connectivity index (χ0n) is 36.0. The first-order chi connectivity index (χ1) is 27.5. The molecule has 1 aromatic carbocycles. The van der Waals surface area contributed by atoms with Crippen LogP contribution in [0.15, 0.2) is 66.3 Å². The highest BCUT2D eigenvalue weighted by Crippen LogP contribution is 2.38. The number of piperazine rings is 1. The highest BCUT2D eigenvalue weighted by Gasteiger charge is 2.47. The molecule has 0 radical (unpaired) electrons. The van der Waals surface area contributed by atoms with Crippen molar-refractivity contribution in [2.24, 2.45) is 11.8 Å². The first-order valence-electron chi connectivity index (χ1n) is 22.1. The number of hydrogen-bond donors (Lipinski definition) is 4. The Hall–Kier alpha value is -3.06. The molecule has 4 aliphatic rings. The summed E-state index contributed by atoms with van der Waals surface area (Å²) in [7, 11) is 0. The number of hydrogen-bond acceptors (Lipinski definition) is 9. The topological polar surface area (TPSA) is 149 Å². The maximum absolute atomic E-state index is 13.9. The normalized spacial score (nSPS) is 33.1. The monoisotopic (exact) mass is 810 g/mol. The van der Waals surface area contributed by atoms with Crippen LogP contribution in [0.25, 0.3) is 0 Å². The lowest BCUT2D eigenvalue weighted by Crippen LogP contribution is -2.64. The smallest absolute Gasteiger partial charge is 0.410 e. The fourth-order valence-electron chi connectivity index (χ4n) is 9.44. The summed E-state index contributed by atoms with van der Waals surface area (Å²) in [6.07, 6.45) is 13.3. The Morgan fingerprint density at radius 3 is 2.43 bits per heavy atom. The molecule has 3 fully saturated rings. The first-order valence-corrected chi connectivity index (χ1v) is 22.1. The van der Waals surface area contributed by atoms with E-state index in [-0.39, 0.29) is 43.3 Å². The summed E-state index contributed by atoms with van der Waals surface area (Å²) in [5.41, 5.74) is -0.642. The molecule has 58 heavy (non-hydrogen) atoms. The quantitative estimate of drug-likeness (QED) is 0.0449. The first kappa shape index (κ1) is 46.0. The van der Waals surface area contributed by atoms with Gasteiger partial charge in [-0.25, -0.2) is 4.79 Å². The van der Waals surface area contributed by atoms with Crippen molar-refractivity contribution in [1.82, 2.24) is 4.90 Å². The number of aliphatic hydroxyl groups excluding tert-OH is 2. The van der Waals surface area contributed by atoms with Gasteiger partial charge in [-0.3, -0.25) is 9.69 Å². The van der Waals surface area contributed by atoms with Crippen LogP contribution in [0.1, 0.15) is 118 Å². The molecule has 10 atom stereocenters. The van der Waals surface area contributed by atoms with Gasteiger partial charge in [-0.15, -0.1) is 0 Å². The molecule has 324 valence electrons. The molecule has 0 bridgehead atoms. The predicted molar refractivity (Wildman–Crippen MR) is 224 cm³/mol. The summed E-state index contributed by atoms with van der Waals surface area (Å²) in [5, 5.41) is 43.9. The van der Waals surface area contributed by atoms with Crippen molar-refractivity contribution >= 4 is 12.1 Å². The van der Waals surface area contributed by atoms with Gasteiger partial charge in [0.2, 0.25) is 0 Å². The largest absolute Gasteiger partial charge is 0.457 e. The lowest BCUT2D eigenvalue weighted by molar-refractivity contribution is -0.967. The Bertz CT molecular complexity index is 1560. The van der Waals surface area contributed by atoms with Crippen LogP contribution in [-0.2, 0) is 25.5 Å². The summed E-state index contributed by atoms with van der Waals surface area (Å²) in [6.45, 7) is 14.7. The number of esters is 1. The van der Waals surface area contributed by atoms with E-state index in [0.29, 0.717) is 37.5 Å². The standard InChI is InChI=1S/C47H73N2O9/c1-7-39(51)35(4)44-40(56-44)31-46(5,54)24-15-16-33(2)43-34(3)21-22-41(47(6,55)25-23-38(50)30-42(52)58-43)57-45(53)48-26-28-49(29-27-48,32-36-17-11-10-12-18-36)37-19-13-8-9-14-20-37/h10-12,15-18,21-22,24,34-35,37-41,43-44,50-51,54-55H,7-9,13-14,19-20,23,25-32H2,1-6H3/q+1/b22-21+,24-15+,33-16+/t34-,35+,38+,39-,40+,41-,43+,44+,46-,47+/m0/s1. The number of cyclic esters (lactones) is 1. The van der Waals surface area contributed by atoms with Gasteiger partial charge in [0, 0.05) is 23.8 Å². The van der Waals surface area contributed by atoms with Gasteiger partial charge in [0.15, 0.2) is 6.10 Å². The molecule has 11 heteroatoms. The minimum atomic E-state index is -1.51. The molecule has 11 nitrogen and oxygen atoms in total. The van der Waals surface area contributed by atoms with E-state index < -0.39 is 47.7 Å². The van der Waals surface area contributed by atoms with E-state index >= 15 is 0 Å². The van der Waals surface area contributed by atoms with E-state index in [4.69, 9.17) is 14.2 Å². The van der Waals surface area contributed by atoms with Crippen molar-refractivity contribution in [3.63, 3.8) is 0 Å². The van der Waals surface area contributed by atoms with E-state index in [1.54, 1.807) is 43.1 Å². The van der Waals surface area contributed by atoms with E-state index in [0.717, 1.165) is 24.1 Å². The second-order valence-electron chi connectivity index (χ2n) is 18.5. The lowest BCUT2D eigenvalue weighted by atomic mass is 9.88. The molecule has 0 unspecified atom stereocenters. The van der Waals surface area contributed by atoms with E-state index in [9.17, 15) is 30.0 Å². The van der Waals surface area contributed by atoms with Crippen LogP contribution >= 0.6 is 0 Å². The fourth-order valence-corrected chi connectivity index (χ4v) is 9.44. The van der Waals surface area contributed by atoms with Gasteiger partial charge in [-0.05, 0) is 77.4 Å². The molecular weight excluding hydrogens is 737 g/mol. The highest BCUT2D eigenvalue weighted by atomic mass is 16.6. The third kappa shape index (κ3) is 12.7. The number of aliphatic hydroxyl groups is 4.